The van der Waals surface area contributed by atoms with Gasteiger partial charge >= 0.3 is 5.97 Å². The van der Waals surface area contributed by atoms with Gasteiger partial charge in [0.15, 0.2) is 18.2 Å². The Hall–Kier alpha value is -2.45. The highest BCUT2D eigenvalue weighted by Crippen LogP contribution is 2.38. The number of nitrogens with one attached hydrogen (secondary N) is 1. The summed E-state index contributed by atoms with van der Waals surface area (Å²) >= 11 is 1.39. The molecular weight excluding hydrogens is 395 g/mol. The van der Waals surface area contributed by atoms with Gasteiger partial charge in [-0.1, -0.05) is 12.1 Å². The number of fused-ring (bicyclic) bond motifs is 1. The van der Waals surface area contributed by atoms with E-state index >= 15 is 0 Å². The minimum absolute atomic E-state index is 0.00585. The van der Waals surface area contributed by atoms with Crippen molar-refractivity contribution in [2.75, 3.05) is 25.1 Å². The fourth-order valence-corrected chi connectivity index (χ4v) is 4.52. The maximum absolute atomic E-state index is 13.7. The van der Waals surface area contributed by atoms with E-state index in [0.717, 1.165) is 30.0 Å². The lowest BCUT2D eigenvalue weighted by atomic mass is 10.0. The smallest absolute Gasteiger partial charge is 0.341 e. The second kappa shape index (κ2) is 9.37. The van der Waals surface area contributed by atoms with E-state index in [1.807, 2.05) is 0 Å². The summed E-state index contributed by atoms with van der Waals surface area (Å²) in [7, 11) is 0. The first-order valence-corrected chi connectivity index (χ1v) is 10.4. The van der Waals surface area contributed by atoms with E-state index in [2.05, 4.69) is 24.1 Å². The Morgan fingerprint density at radius 2 is 2.07 bits per heavy atom. The average Bonchev–Trinajstić information content (AvgIpc) is 3.04. The highest BCUT2D eigenvalue weighted by Gasteiger charge is 2.30. The molecule has 6 nitrogen and oxygen atoms in total. The number of thiophene rings is 1. The zero-order chi connectivity index (χ0) is 21.0. The second-order valence-corrected chi connectivity index (χ2v) is 8.12. The van der Waals surface area contributed by atoms with E-state index in [4.69, 9.17) is 9.47 Å². The van der Waals surface area contributed by atoms with Gasteiger partial charge in [-0.25, -0.2) is 9.18 Å². The molecule has 0 unspecified atom stereocenters. The van der Waals surface area contributed by atoms with Crippen molar-refractivity contribution in [1.29, 1.82) is 0 Å². The van der Waals surface area contributed by atoms with Crippen LogP contribution in [0.2, 0.25) is 0 Å². The SMILES string of the molecule is CCOC(=O)c1c(NC(=O)COc2ccccc2F)sc2c1CCN(C(C)C)C2. The Morgan fingerprint density at radius 1 is 1.31 bits per heavy atom. The summed E-state index contributed by atoms with van der Waals surface area (Å²) in [5, 5.41) is 3.21. The number of carbonyl (C=O) groups excluding carboxylic acids is 2. The highest BCUT2D eigenvalue weighted by molar-refractivity contribution is 7.17. The number of halogens is 1. The van der Waals surface area contributed by atoms with Crippen molar-refractivity contribution in [1.82, 2.24) is 4.90 Å². The standard InChI is InChI=1S/C21H25FN2O4S/c1-4-27-21(26)19-14-9-10-24(13(2)3)11-17(14)29-20(19)23-18(25)12-28-16-8-6-5-7-15(16)22/h5-8,13H,4,9-12H2,1-3H3,(H,23,25). The van der Waals surface area contributed by atoms with Crippen LogP contribution in [0.3, 0.4) is 0 Å². The molecule has 2 heterocycles. The van der Waals surface area contributed by atoms with Crippen LogP contribution in [0.4, 0.5) is 9.39 Å². The van der Waals surface area contributed by atoms with Gasteiger partial charge in [-0.15, -0.1) is 11.3 Å². The number of ether oxygens (including phenoxy) is 2. The van der Waals surface area contributed by atoms with Crippen molar-refractivity contribution >= 4 is 28.2 Å². The first-order valence-electron chi connectivity index (χ1n) is 9.63. The minimum atomic E-state index is -0.534. The van der Waals surface area contributed by atoms with E-state index in [0.29, 0.717) is 16.6 Å². The molecule has 1 aromatic heterocycles. The van der Waals surface area contributed by atoms with Crippen LogP contribution >= 0.6 is 11.3 Å². The van der Waals surface area contributed by atoms with Crippen LogP contribution in [0, 0.1) is 5.82 Å². The number of para-hydroxylation sites is 1. The van der Waals surface area contributed by atoms with E-state index in [1.54, 1.807) is 19.1 Å². The van der Waals surface area contributed by atoms with E-state index in [1.165, 1.54) is 23.5 Å². The molecule has 1 N–H and O–H groups in total. The van der Waals surface area contributed by atoms with Crippen molar-refractivity contribution in [3.05, 3.63) is 46.1 Å². The van der Waals surface area contributed by atoms with Gasteiger partial charge in [-0.05, 0) is 44.9 Å². The molecule has 0 bridgehead atoms. The van der Waals surface area contributed by atoms with Gasteiger partial charge in [0.1, 0.15) is 5.00 Å². The van der Waals surface area contributed by atoms with E-state index in [-0.39, 0.29) is 19.0 Å². The Balaban J connectivity index is 1.78. The maximum Gasteiger partial charge on any atom is 0.341 e. The Labute approximate surface area is 173 Å². The van der Waals surface area contributed by atoms with Crippen LogP contribution in [0.15, 0.2) is 24.3 Å². The average molecular weight is 421 g/mol. The largest absolute Gasteiger partial charge is 0.481 e. The first kappa shape index (κ1) is 21.3. The zero-order valence-corrected chi connectivity index (χ0v) is 17.6. The Morgan fingerprint density at radius 3 is 2.76 bits per heavy atom. The predicted molar refractivity (Wildman–Crippen MR) is 110 cm³/mol. The molecule has 156 valence electrons. The third-order valence-electron chi connectivity index (χ3n) is 4.74. The fraction of sp³-hybridized carbons (Fsp3) is 0.429. The summed E-state index contributed by atoms with van der Waals surface area (Å²) < 4.78 is 24.1. The van der Waals surface area contributed by atoms with Crippen molar-refractivity contribution < 1.29 is 23.5 Å². The molecule has 1 aliphatic heterocycles. The fourth-order valence-electron chi connectivity index (χ4n) is 3.24. The lowest BCUT2D eigenvalue weighted by Crippen LogP contribution is -2.35. The van der Waals surface area contributed by atoms with Gasteiger partial charge in [-0.2, -0.15) is 0 Å². The molecule has 0 saturated carbocycles. The summed E-state index contributed by atoms with van der Waals surface area (Å²) in [5.74, 6) is -1.43. The number of amides is 1. The van der Waals surface area contributed by atoms with E-state index in [9.17, 15) is 14.0 Å². The molecule has 2 aromatic rings. The van der Waals surface area contributed by atoms with Crippen LogP contribution in [0.5, 0.6) is 5.75 Å². The molecule has 3 rings (SSSR count). The van der Waals surface area contributed by atoms with Gasteiger partial charge in [0, 0.05) is 24.0 Å². The minimum Gasteiger partial charge on any atom is -0.481 e. The topological polar surface area (TPSA) is 67.9 Å². The molecule has 1 amide bonds. The molecule has 0 fully saturated rings. The normalized spacial score (nSPS) is 13.8. The highest BCUT2D eigenvalue weighted by atomic mass is 32.1. The third kappa shape index (κ3) is 4.94. The maximum atomic E-state index is 13.7. The third-order valence-corrected chi connectivity index (χ3v) is 5.88. The number of hydrogen-bond acceptors (Lipinski definition) is 6. The van der Waals surface area contributed by atoms with Crippen molar-refractivity contribution in [3.8, 4) is 5.75 Å². The molecule has 29 heavy (non-hydrogen) atoms. The molecule has 1 aliphatic rings. The second-order valence-electron chi connectivity index (χ2n) is 7.01. The number of esters is 1. The molecule has 0 aliphatic carbocycles. The van der Waals surface area contributed by atoms with Gasteiger partial charge < -0.3 is 14.8 Å². The number of carbonyl (C=O) groups is 2. The molecule has 0 spiro atoms. The lowest BCUT2D eigenvalue weighted by Gasteiger charge is -2.30. The van der Waals surface area contributed by atoms with Crippen molar-refractivity contribution in [2.45, 2.75) is 39.8 Å². The molecule has 8 heteroatoms. The van der Waals surface area contributed by atoms with Crippen molar-refractivity contribution in [3.63, 3.8) is 0 Å². The van der Waals surface area contributed by atoms with Gasteiger partial charge in [0.2, 0.25) is 0 Å². The first-order chi connectivity index (χ1) is 13.9. The number of rotatable bonds is 7. The Kier molecular flexibility index (Phi) is 6.87. The summed E-state index contributed by atoms with van der Waals surface area (Å²) in [6, 6.07) is 6.29. The van der Waals surface area contributed by atoms with Crippen LogP contribution < -0.4 is 10.1 Å². The monoisotopic (exact) mass is 420 g/mol. The molecule has 1 aromatic carbocycles. The zero-order valence-electron chi connectivity index (χ0n) is 16.8. The van der Waals surface area contributed by atoms with Gasteiger partial charge in [0.25, 0.3) is 5.91 Å². The molecular formula is C21H25FN2O4S. The van der Waals surface area contributed by atoms with Gasteiger partial charge in [-0.3, -0.25) is 9.69 Å². The Bertz CT molecular complexity index is 897. The number of nitrogens with zero attached hydrogens (tertiary/aromatic N) is 1. The summed E-state index contributed by atoms with van der Waals surface area (Å²) in [6.07, 6.45) is 0.722. The number of anilines is 1. The summed E-state index contributed by atoms with van der Waals surface area (Å²) in [6.45, 7) is 7.48. The van der Waals surface area contributed by atoms with Crippen LogP contribution in [-0.4, -0.2) is 42.6 Å². The van der Waals surface area contributed by atoms with Crippen LogP contribution in [0.25, 0.3) is 0 Å². The molecule has 0 atom stereocenters. The van der Waals surface area contributed by atoms with Crippen molar-refractivity contribution in [2.24, 2.45) is 0 Å². The number of benzene rings is 1. The summed E-state index contributed by atoms with van der Waals surface area (Å²) in [5.41, 5.74) is 1.37. The van der Waals surface area contributed by atoms with Gasteiger partial charge in [0.05, 0.1) is 12.2 Å². The number of hydrogen-bond donors (Lipinski definition) is 1. The molecule has 0 radical (unpaired) electrons. The van der Waals surface area contributed by atoms with Crippen LogP contribution in [-0.2, 0) is 22.5 Å². The summed E-state index contributed by atoms with van der Waals surface area (Å²) in [4.78, 5) is 28.3. The lowest BCUT2D eigenvalue weighted by molar-refractivity contribution is -0.118. The van der Waals surface area contributed by atoms with E-state index < -0.39 is 17.7 Å². The quantitative estimate of drug-likeness (QED) is 0.689. The van der Waals surface area contributed by atoms with Crippen LogP contribution in [0.1, 0.15) is 41.6 Å². The predicted octanol–water partition coefficient (Wildman–Crippen LogP) is 3.85. The molecule has 0 saturated heterocycles.